The predicted molar refractivity (Wildman–Crippen MR) is 60.7 cm³/mol. The normalized spacial score (nSPS) is 11.0. The molecule has 0 heterocycles. The van der Waals surface area contributed by atoms with E-state index in [1.54, 1.807) is 6.92 Å². The smallest absolute Gasteiger partial charge is 0.329 e. The highest BCUT2D eigenvalue weighted by Gasteiger charge is 2.07. The van der Waals surface area contributed by atoms with Gasteiger partial charge in [0.1, 0.15) is 0 Å². The number of rotatable bonds is 2. The number of hydrogen-bond donors (Lipinski definition) is 2. The van der Waals surface area contributed by atoms with Crippen LogP contribution in [0.25, 0.3) is 0 Å². The van der Waals surface area contributed by atoms with Gasteiger partial charge in [-0.15, -0.1) is 0 Å². The number of nitrogens with zero attached hydrogens (tertiary/aromatic N) is 1. The molecule has 0 aromatic heterocycles. The highest BCUT2D eigenvalue weighted by molar-refractivity contribution is 6.34. The van der Waals surface area contributed by atoms with Crippen molar-refractivity contribution in [2.45, 2.75) is 13.8 Å². The topological polar surface area (TPSA) is 84.6 Å². The number of carbonyl (C=O) groups excluding carboxylic acids is 2. The Morgan fingerprint density at radius 2 is 1.94 bits per heavy atom. The summed E-state index contributed by atoms with van der Waals surface area (Å²) in [5.41, 5.74) is 9.42. The van der Waals surface area contributed by atoms with Gasteiger partial charge in [-0.05, 0) is 19.4 Å². The molecule has 0 aliphatic heterocycles. The molecule has 1 rings (SSSR count). The average Bonchev–Trinajstić information content (AvgIpc) is 2.25. The van der Waals surface area contributed by atoms with Crippen molar-refractivity contribution in [1.29, 1.82) is 0 Å². The largest absolute Gasteiger partial charge is 0.361 e. The molecule has 84 valence electrons. The van der Waals surface area contributed by atoms with Crippen molar-refractivity contribution in [3.63, 3.8) is 0 Å². The molecular weight excluding hydrogens is 206 g/mol. The van der Waals surface area contributed by atoms with Gasteiger partial charge in [0.2, 0.25) is 0 Å². The molecule has 0 aliphatic rings. The van der Waals surface area contributed by atoms with Gasteiger partial charge in [0.15, 0.2) is 0 Å². The highest BCUT2D eigenvalue weighted by atomic mass is 16.2. The van der Waals surface area contributed by atoms with Crippen LogP contribution < -0.4 is 11.2 Å². The van der Waals surface area contributed by atoms with Crippen LogP contribution in [0.3, 0.4) is 0 Å². The van der Waals surface area contributed by atoms with Crippen molar-refractivity contribution >= 4 is 17.5 Å². The monoisotopic (exact) mass is 219 g/mol. The van der Waals surface area contributed by atoms with Crippen molar-refractivity contribution in [3.8, 4) is 0 Å². The molecule has 0 bridgehead atoms. The minimum absolute atomic E-state index is 0.618. The molecule has 2 amide bonds. The van der Waals surface area contributed by atoms with E-state index in [9.17, 15) is 9.59 Å². The number of primary amides is 1. The quantitative estimate of drug-likeness (QED) is 0.426. The summed E-state index contributed by atoms with van der Waals surface area (Å²) in [5, 5.41) is 3.79. The Kier molecular flexibility index (Phi) is 3.77. The number of hydrogen-bond acceptors (Lipinski definition) is 3. The van der Waals surface area contributed by atoms with Gasteiger partial charge in [-0.25, -0.2) is 5.43 Å². The van der Waals surface area contributed by atoms with Crippen LogP contribution in [-0.4, -0.2) is 17.5 Å². The van der Waals surface area contributed by atoms with Crippen LogP contribution in [-0.2, 0) is 9.59 Å². The molecule has 5 heteroatoms. The Labute approximate surface area is 93.3 Å². The van der Waals surface area contributed by atoms with E-state index in [1.165, 1.54) is 0 Å². The first-order chi connectivity index (χ1) is 7.52. The van der Waals surface area contributed by atoms with Crippen LogP contribution in [0.2, 0.25) is 0 Å². The van der Waals surface area contributed by atoms with Crippen LogP contribution in [0.4, 0.5) is 0 Å². The lowest BCUT2D eigenvalue weighted by Crippen LogP contribution is -2.33. The van der Waals surface area contributed by atoms with Gasteiger partial charge in [0.25, 0.3) is 0 Å². The van der Waals surface area contributed by atoms with E-state index >= 15 is 0 Å². The molecule has 0 saturated carbocycles. The number of benzene rings is 1. The standard InChI is InChI=1S/C11H13N3O2/c1-7-5-3-4-6-9(7)8(2)13-14-11(16)10(12)15/h3-6H,1-2H3,(H2,12,15)(H,14,16)/b13-8-. The third kappa shape index (κ3) is 2.91. The summed E-state index contributed by atoms with van der Waals surface area (Å²) in [5.74, 6) is -1.98. The molecule has 0 saturated heterocycles. The van der Waals surface area contributed by atoms with Crippen molar-refractivity contribution in [2.24, 2.45) is 10.8 Å². The van der Waals surface area contributed by atoms with Crippen molar-refractivity contribution in [1.82, 2.24) is 5.43 Å². The Balaban J connectivity index is 2.83. The maximum Gasteiger partial charge on any atom is 0.329 e. The van der Waals surface area contributed by atoms with Crippen molar-refractivity contribution in [3.05, 3.63) is 35.4 Å². The van der Waals surface area contributed by atoms with Crippen molar-refractivity contribution in [2.75, 3.05) is 0 Å². The number of nitrogens with one attached hydrogen (secondary N) is 1. The zero-order valence-electron chi connectivity index (χ0n) is 9.15. The van der Waals surface area contributed by atoms with E-state index in [0.29, 0.717) is 5.71 Å². The Hall–Kier alpha value is -2.17. The second kappa shape index (κ2) is 5.06. The summed E-state index contributed by atoms with van der Waals surface area (Å²) in [6.07, 6.45) is 0. The fraction of sp³-hybridized carbons (Fsp3) is 0.182. The lowest BCUT2D eigenvalue weighted by molar-refractivity contribution is -0.137. The van der Waals surface area contributed by atoms with Gasteiger partial charge in [-0.1, -0.05) is 24.3 Å². The lowest BCUT2D eigenvalue weighted by atomic mass is 10.1. The van der Waals surface area contributed by atoms with Gasteiger partial charge >= 0.3 is 11.8 Å². The minimum Gasteiger partial charge on any atom is -0.361 e. The highest BCUT2D eigenvalue weighted by Crippen LogP contribution is 2.07. The van der Waals surface area contributed by atoms with Gasteiger partial charge in [0, 0.05) is 5.56 Å². The molecule has 5 nitrogen and oxygen atoms in total. The molecule has 0 radical (unpaired) electrons. The second-order valence-corrected chi connectivity index (χ2v) is 3.32. The zero-order chi connectivity index (χ0) is 12.1. The molecule has 0 atom stereocenters. The number of aryl methyl sites for hydroxylation is 1. The summed E-state index contributed by atoms with van der Waals surface area (Å²) in [4.78, 5) is 21.3. The molecule has 0 fully saturated rings. The maximum atomic E-state index is 10.9. The van der Waals surface area contributed by atoms with Gasteiger partial charge < -0.3 is 5.73 Å². The third-order valence-electron chi connectivity index (χ3n) is 2.08. The Bertz CT molecular complexity index is 452. The molecule has 0 aliphatic carbocycles. The van der Waals surface area contributed by atoms with Crippen LogP contribution in [0.1, 0.15) is 18.1 Å². The molecular formula is C11H13N3O2. The van der Waals surface area contributed by atoms with Crippen LogP contribution >= 0.6 is 0 Å². The minimum atomic E-state index is -1.05. The van der Waals surface area contributed by atoms with Crippen LogP contribution in [0.15, 0.2) is 29.4 Å². The van der Waals surface area contributed by atoms with Crippen LogP contribution in [0.5, 0.6) is 0 Å². The van der Waals surface area contributed by atoms with Gasteiger partial charge in [-0.2, -0.15) is 5.10 Å². The number of hydrazone groups is 1. The predicted octanol–water partition coefficient (Wildman–Crippen LogP) is 0.321. The van der Waals surface area contributed by atoms with Crippen molar-refractivity contribution < 1.29 is 9.59 Å². The molecule has 16 heavy (non-hydrogen) atoms. The molecule has 0 unspecified atom stereocenters. The SMILES string of the molecule is C/C(=N/NC(=O)C(N)=O)c1ccccc1C. The van der Waals surface area contributed by atoms with E-state index in [2.05, 4.69) is 10.5 Å². The summed E-state index contributed by atoms with van der Waals surface area (Å²) < 4.78 is 0. The van der Waals surface area contributed by atoms with E-state index < -0.39 is 11.8 Å². The maximum absolute atomic E-state index is 10.9. The summed E-state index contributed by atoms with van der Waals surface area (Å²) >= 11 is 0. The summed E-state index contributed by atoms with van der Waals surface area (Å²) in [6, 6.07) is 7.60. The molecule has 1 aromatic rings. The number of amides is 2. The number of nitrogens with two attached hydrogens (primary N) is 1. The summed E-state index contributed by atoms with van der Waals surface area (Å²) in [7, 11) is 0. The third-order valence-corrected chi connectivity index (χ3v) is 2.08. The fourth-order valence-electron chi connectivity index (χ4n) is 1.23. The second-order valence-electron chi connectivity index (χ2n) is 3.32. The lowest BCUT2D eigenvalue weighted by Gasteiger charge is -2.04. The van der Waals surface area contributed by atoms with E-state index in [0.717, 1.165) is 11.1 Å². The Morgan fingerprint density at radius 1 is 1.31 bits per heavy atom. The molecule has 1 aromatic carbocycles. The van der Waals surface area contributed by atoms with E-state index in [4.69, 9.17) is 5.73 Å². The first-order valence-electron chi connectivity index (χ1n) is 4.72. The first-order valence-corrected chi connectivity index (χ1v) is 4.72. The zero-order valence-corrected chi connectivity index (χ0v) is 9.15. The van der Waals surface area contributed by atoms with E-state index in [1.807, 2.05) is 31.2 Å². The van der Waals surface area contributed by atoms with Gasteiger partial charge in [0.05, 0.1) is 5.71 Å². The van der Waals surface area contributed by atoms with Gasteiger partial charge in [-0.3, -0.25) is 9.59 Å². The fourth-order valence-corrected chi connectivity index (χ4v) is 1.23. The number of carbonyl (C=O) groups is 2. The van der Waals surface area contributed by atoms with Crippen LogP contribution in [0, 0.1) is 6.92 Å². The summed E-state index contributed by atoms with van der Waals surface area (Å²) in [6.45, 7) is 3.67. The molecule has 0 spiro atoms. The Morgan fingerprint density at radius 3 is 2.50 bits per heavy atom. The average molecular weight is 219 g/mol. The van der Waals surface area contributed by atoms with E-state index in [-0.39, 0.29) is 0 Å². The first kappa shape index (κ1) is 11.9. The molecule has 3 N–H and O–H groups in total.